The molecule has 0 bridgehead atoms. The molecule has 5 heteroatoms. The molecule has 2 saturated carbocycles. The van der Waals surface area contributed by atoms with Crippen LogP contribution in [0.4, 0.5) is 17.6 Å². The third kappa shape index (κ3) is 6.18. The fourth-order valence-corrected chi connectivity index (χ4v) is 5.23. The van der Waals surface area contributed by atoms with E-state index in [1.54, 1.807) is 0 Å². The average molecular weight is 461 g/mol. The molecule has 2 aromatic carbocycles. The van der Waals surface area contributed by atoms with Gasteiger partial charge in [0.2, 0.25) is 0 Å². The largest absolute Gasteiger partial charge is 0.432 e. The van der Waals surface area contributed by atoms with Crippen molar-refractivity contribution in [3.8, 4) is 5.75 Å². The second-order valence-corrected chi connectivity index (χ2v) is 9.76. The Morgan fingerprint density at radius 1 is 0.758 bits per heavy atom. The maximum absolute atomic E-state index is 14.6. The van der Waals surface area contributed by atoms with Gasteiger partial charge in [0.1, 0.15) is 5.75 Å². The van der Waals surface area contributed by atoms with Crippen molar-refractivity contribution in [1.29, 1.82) is 0 Å². The monoisotopic (exact) mass is 460 g/mol. The molecule has 178 valence electrons. The number of hydrogen-bond acceptors (Lipinski definition) is 1. The normalized spacial score (nSPS) is 26.5. The van der Waals surface area contributed by atoms with Crippen molar-refractivity contribution >= 4 is 0 Å². The number of hydrogen-bond donors (Lipinski definition) is 0. The van der Waals surface area contributed by atoms with Crippen molar-refractivity contribution in [3.63, 3.8) is 0 Å². The van der Waals surface area contributed by atoms with E-state index in [1.165, 1.54) is 36.8 Å². The van der Waals surface area contributed by atoms with Gasteiger partial charge in [0.15, 0.2) is 11.6 Å². The molecule has 0 N–H and O–H groups in total. The van der Waals surface area contributed by atoms with Crippen LogP contribution >= 0.6 is 0 Å². The van der Waals surface area contributed by atoms with E-state index in [-0.39, 0.29) is 5.75 Å². The maximum Gasteiger partial charge on any atom is 0.400 e. The minimum absolute atomic E-state index is 0.315. The summed E-state index contributed by atoms with van der Waals surface area (Å²) in [6.07, 6.45) is 7.97. The van der Waals surface area contributed by atoms with Crippen LogP contribution < -0.4 is 4.74 Å². The fraction of sp³-hybridized carbons (Fsp3) is 0.500. The average Bonchev–Trinajstić information content (AvgIpc) is 2.81. The first-order valence-electron chi connectivity index (χ1n) is 12.1. The van der Waals surface area contributed by atoms with Crippen LogP contribution in [0, 0.1) is 36.3 Å². The standard InChI is InChI=1S/C28H32F4O/c1-19-2-10-22(11-3-19)23-12-6-20(7-13-23)4-5-21-8-14-24(15-9-21)28(31,32)33-25-16-17-26(29)27(30)18-25/h2-5,10-11,16-18,20-21,23-24H,6-9,12-15H2,1H3/b5-4+. The number of benzene rings is 2. The van der Waals surface area contributed by atoms with Gasteiger partial charge >= 0.3 is 6.11 Å². The van der Waals surface area contributed by atoms with Gasteiger partial charge in [-0.05, 0) is 93.7 Å². The molecule has 0 unspecified atom stereocenters. The summed E-state index contributed by atoms with van der Waals surface area (Å²) in [4.78, 5) is 0. The van der Waals surface area contributed by atoms with Crippen LogP contribution in [0.5, 0.6) is 5.75 Å². The van der Waals surface area contributed by atoms with Gasteiger partial charge in [-0.15, -0.1) is 0 Å². The van der Waals surface area contributed by atoms with E-state index in [9.17, 15) is 17.6 Å². The highest BCUT2D eigenvalue weighted by Crippen LogP contribution is 2.41. The molecule has 0 aliphatic heterocycles. The van der Waals surface area contributed by atoms with Crippen molar-refractivity contribution in [2.45, 2.75) is 70.3 Å². The molecule has 4 rings (SSSR count). The van der Waals surface area contributed by atoms with Gasteiger partial charge < -0.3 is 4.74 Å². The van der Waals surface area contributed by atoms with E-state index in [0.717, 1.165) is 12.1 Å². The predicted octanol–water partition coefficient (Wildman–Crippen LogP) is 8.58. The lowest BCUT2D eigenvalue weighted by Crippen LogP contribution is -2.37. The number of aryl methyl sites for hydroxylation is 1. The van der Waals surface area contributed by atoms with Crippen LogP contribution in [0.1, 0.15) is 68.4 Å². The Balaban J connectivity index is 1.23. The van der Waals surface area contributed by atoms with Crippen molar-refractivity contribution in [2.75, 3.05) is 0 Å². The predicted molar refractivity (Wildman–Crippen MR) is 122 cm³/mol. The van der Waals surface area contributed by atoms with E-state index in [0.29, 0.717) is 49.5 Å². The first kappa shape index (κ1) is 23.8. The lowest BCUT2D eigenvalue weighted by atomic mass is 9.77. The molecule has 2 aliphatic rings. The summed E-state index contributed by atoms with van der Waals surface area (Å²) in [5, 5.41) is 0. The molecular formula is C28H32F4O. The van der Waals surface area contributed by atoms with E-state index in [4.69, 9.17) is 4.74 Å². The molecule has 1 nitrogen and oxygen atoms in total. The molecule has 2 fully saturated rings. The van der Waals surface area contributed by atoms with Crippen molar-refractivity contribution < 1.29 is 22.3 Å². The first-order valence-corrected chi connectivity index (χ1v) is 12.1. The molecular weight excluding hydrogens is 428 g/mol. The Hall–Kier alpha value is -2.30. The molecule has 0 amide bonds. The van der Waals surface area contributed by atoms with Gasteiger partial charge in [-0.25, -0.2) is 8.78 Å². The Labute approximate surface area is 193 Å². The highest BCUT2D eigenvalue weighted by molar-refractivity contribution is 5.25. The Kier molecular flexibility index (Phi) is 7.45. The topological polar surface area (TPSA) is 9.23 Å². The zero-order chi connectivity index (χ0) is 23.4. The van der Waals surface area contributed by atoms with Gasteiger partial charge in [-0.1, -0.05) is 42.0 Å². The zero-order valence-electron chi connectivity index (χ0n) is 19.1. The summed E-state index contributed by atoms with van der Waals surface area (Å²) < 4.78 is 60.2. The van der Waals surface area contributed by atoms with Crippen molar-refractivity contribution in [2.24, 2.45) is 17.8 Å². The number of halogens is 4. The Morgan fingerprint density at radius 2 is 1.33 bits per heavy atom. The molecule has 0 saturated heterocycles. The third-order valence-electron chi connectivity index (χ3n) is 7.37. The summed E-state index contributed by atoms with van der Waals surface area (Å²) in [5.41, 5.74) is 2.73. The van der Waals surface area contributed by atoms with E-state index in [2.05, 4.69) is 43.3 Å². The van der Waals surface area contributed by atoms with Gasteiger partial charge in [0.05, 0.1) is 5.92 Å². The maximum atomic E-state index is 14.6. The summed E-state index contributed by atoms with van der Waals surface area (Å²) >= 11 is 0. The van der Waals surface area contributed by atoms with Gasteiger partial charge in [-0.2, -0.15) is 8.78 Å². The second-order valence-electron chi connectivity index (χ2n) is 9.76. The number of rotatable bonds is 6. The van der Waals surface area contributed by atoms with Crippen LogP contribution in [0.2, 0.25) is 0 Å². The molecule has 33 heavy (non-hydrogen) atoms. The fourth-order valence-electron chi connectivity index (χ4n) is 5.23. The number of alkyl halides is 2. The highest BCUT2D eigenvalue weighted by atomic mass is 19.3. The second kappa shape index (κ2) is 10.3. The Bertz CT molecular complexity index is 937. The SMILES string of the molecule is Cc1ccc(C2CCC(/C=C/C3CCC(C(F)(F)Oc4ccc(F)c(F)c4)CC3)CC2)cc1. The van der Waals surface area contributed by atoms with Crippen molar-refractivity contribution in [1.82, 2.24) is 0 Å². The number of ether oxygens (including phenoxy) is 1. The highest BCUT2D eigenvalue weighted by Gasteiger charge is 2.43. The third-order valence-corrected chi connectivity index (χ3v) is 7.37. The summed E-state index contributed by atoms with van der Waals surface area (Å²) in [6.45, 7) is 2.11. The van der Waals surface area contributed by atoms with E-state index < -0.39 is 23.7 Å². The van der Waals surface area contributed by atoms with E-state index in [1.807, 2.05) is 0 Å². The molecule has 0 radical (unpaired) electrons. The molecule has 0 spiro atoms. The molecule has 0 atom stereocenters. The van der Waals surface area contributed by atoms with Gasteiger partial charge in [0.25, 0.3) is 0 Å². The lowest BCUT2D eigenvalue weighted by molar-refractivity contribution is -0.223. The number of allylic oxidation sites excluding steroid dienone is 2. The van der Waals surface area contributed by atoms with Crippen LogP contribution in [0.15, 0.2) is 54.6 Å². The molecule has 0 heterocycles. The first-order chi connectivity index (χ1) is 15.8. The van der Waals surface area contributed by atoms with Gasteiger partial charge in [0, 0.05) is 6.07 Å². The van der Waals surface area contributed by atoms with Crippen LogP contribution in [0.3, 0.4) is 0 Å². The van der Waals surface area contributed by atoms with Crippen LogP contribution in [0.25, 0.3) is 0 Å². The lowest BCUT2D eigenvalue weighted by Gasteiger charge is -2.32. The summed E-state index contributed by atoms with van der Waals surface area (Å²) in [7, 11) is 0. The quantitative estimate of drug-likeness (QED) is 0.310. The molecule has 2 aromatic rings. The smallest absolute Gasteiger partial charge is 0.400 e. The Morgan fingerprint density at radius 3 is 1.91 bits per heavy atom. The van der Waals surface area contributed by atoms with Gasteiger partial charge in [-0.3, -0.25) is 0 Å². The van der Waals surface area contributed by atoms with E-state index >= 15 is 0 Å². The minimum Gasteiger partial charge on any atom is -0.432 e. The summed E-state index contributed by atoms with van der Waals surface area (Å²) in [6, 6.07) is 11.4. The van der Waals surface area contributed by atoms with Crippen LogP contribution in [-0.4, -0.2) is 6.11 Å². The van der Waals surface area contributed by atoms with Crippen molar-refractivity contribution in [3.05, 3.63) is 77.4 Å². The molecule has 2 aliphatic carbocycles. The molecule has 0 aromatic heterocycles. The zero-order valence-corrected chi connectivity index (χ0v) is 19.1. The summed E-state index contributed by atoms with van der Waals surface area (Å²) in [5.74, 6) is -2.01. The van der Waals surface area contributed by atoms with Crippen LogP contribution in [-0.2, 0) is 0 Å². The minimum atomic E-state index is -3.40.